The highest BCUT2D eigenvalue weighted by Gasteiger charge is 2.15. The van der Waals surface area contributed by atoms with Gasteiger partial charge < -0.3 is 20.1 Å². The van der Waals surface area contributed by atoms with E-state index >= 15 is 0 Å². The van der Waals surface area contributed by atoms with Crippen molar-refractivity contribution in [2.45, 2.75) is 32.8 Å². The van der Waals surface area contributed by atoms with E-state index in [9.17, 15) is 0 Å². The molecule has 1 unspecified atom stereocenters. The molecule has 0 saturated carbocycles. The Morgan fingerprint density at radius 1 is 1.29 bits per heavy atom. The highest BCUT2D eigenvalue weighted by Crippen LogP contribution is 2.27. The summed E-state index contributed by atoms with van der Waals surface area (Å²) in [5.74, 6) is 2.16. The topological polar surface area (TPSA) is 68.3 Å². The third-order valence-corrected chi connectivity index (χ3v) is 3.82. The Labute approximate surface area is 142 Å². The van der Waals surface area contributed by atoms with Crippen molar-refractivity contribution in [3.8, 4) is 5.75 Å². The second kappa shape index (κ2) is 7.97. The van der Waals surface area contributed by atoms with Gasteiger partial charge in [0.1, 0.15) is 11.6 Å². The Balaban J connectivity index is 1.71. The Kier molecular flexibility index (Phi) is 5.48. The first-order valence-corrected chi connectivity index (χ1v) is 8.44. The summed E-state index contributed by atoms with van der Waals surface area (Å²) < 4.78 is 11.3. The van der Waals surface area contributed by atoms with Crippen molar-refractivity contribution in [2.75, 3.05) is 30.4 Å². The maximum absolute atomic E-state index is 5.65. The summed E-state index contributed by atoms with van der Waals surface area (Å²) in [5.41, 5.74) is 1.79. The molecule has 1 saturated heterocycles. The molecule has 1 aliphatic heterocycles. The van der Waals surface area contributed by atoms with Crippen LogP contribution in [-0.4, -0.2) is 35.8 Å². The quantitative estimate of drug-likeness (QED) is 0.810. The fourth-order valence-corrected chi connectivity index (χ4v) is 2.71. The molecular weight excluding hydrogens is 304 g/mol. The number of para-hydroxylation sites is 2. The first kappa shape index (κ1) is 16.5. The Morgan fingerprint density at radius 3 is 2.96 bits per heavy atom. The molecule has 6 heteroatoms. The summed E-state index contributed by atoms with van der Waals surface area (Å²) in [6.07, 6.45) is 2.47. The van der Waals surface area contributed by atoms with Gasteiger partial charge in [0.2, 0.25) is 5.95 Å². The van der Waals surface area contributed by atoms with Crippen LogP contribution in [0.4, 0.5) is 17.5 Å². The number of aryl methyl sites for hydroxylation is 1. The molecule has 0 radical (unpaired) electrons. The van der Waals surface area contributed by atoms with Gasteiger partial charge in [0, 0.05) is 24.9 Å². The van der Waals surface area contributed by atoms with Crippen molar-refractivity contribution in [1.29, 1.82) is 0 Å². The van der Waals surface area contributed by atoms with Gasteiger partial charge in [-0.3, -0.25) is 0 Å². The van der Waals surface area contributed by atoms with Crippen LogP contribution in [0.5, 0.6) is 5.75 Å². The van der Waals surface area contributed by atoms with Crippen LogP contribution in [0, 0.1) is 6.92 Å². The predicted molar refractivity (Wildman–Crippen MR) is 95.1 cm³/mol. The minimum atomic E-state index is 0.254. The van der Waals surface area contributed by atoms with E-state index < -0.39 is 0 Å². The van der Waals surface area contributed by atoms with Crippen LogP contribution in [0.3, 0.4) is 0 Å². The number of hydrogen-bond donors (Lipinski definition) is 2. The first-order chi connectivity index (χ1) is 11.7. The molecule has 0 amide bonds. The summed E-state index contributed by atoms with van der Waals surface area (Å²) in [5, 5.41) is 6.59. The molecule has 0 aliphatic carbocycles. The molecule has 128 valence electrons. The fourth-order valence-electron chi connectivity index (χ4n) is 2.71. The van der Waals surface area contributed by atoms with Gasteiger partial charge in [0.25, 0.3) is 0 Å². The summed E-state index contributed by atoms with van der Waals surface area (Å²) in [4.78, 5) is 8.99. The third kappa shape index (κ3) is 4.35. The second-order valence-corrected chi connectivity index (χ2v) is 5.79. The molecule has 1 aromatic carbocycles. The van der Waals surface area contributed by atoms with Gasteiger partial charge in [0.15, 0.2) is 0 Å². The minimum Gasteiger partial charge on any atom is -0.492 e. The van der Waals surface area contributed by atoms with Crippen LogP contribution in [0.1, 0.15) is 25.5 Å². The van der Waals surface area contributed by atoms with Gasteiger partial charge in [-0.15, -0.1) is 0 Å². The number of rotatable bonds is 7. The number of nitrogens with one attached hydrogen (secondary N) is 2. The van der Waals surface area contributed by atoms with E-state index in [0.29, 0.717) is 12.6 Å². The van der Waals surface area contributed by atoms with Crippen LogP contribution >= 0.6 is 0 Å². The molecule has 3 rings (SSSR count). The molecule has 0 spiro atoms. The van der Waals surface area contributed by atoms with Crippen molar-refractivity contribution in [1.82, 2.24) is 9.97 Å². The van der Waals surface area contributed by atoms with Gasteiger partial charge >= 0.3 is 0 Å². The molecule has 24 heavy (non-hydrogen) atoms. The zero-order valence-corrected chi connectivity index (χ0v) is 14.2. The normalized spacial score (nSPS) is 16.8. The van der Waals surface area contributed by atoms with Crippen molar-refractivity contribution in [3.63, 3.8) is 0 Å². The van der Waals surface area contributed by atoms with Crippen LogP contribution in [0.15, 0.2) is 30.3 Å². The van der Waals surface area contributed by atoms with E-state index in [-0.39, 0.29) is 6.10 Å². The third-order valence-electron chi connectivity index (χ3n) is 3.82. The molecule has 2 heterocycles. The van der Waals surface area contributed by atoms with E-state index in [2.05, 4.69) is 20.6 Å². The molecule has 0 bridgehead atoms. The Hall–Kier alpha value is -2.34. The minimum absolute atomic E-state index is 0.254. The van der Waals surface area contributed by atoms with E-state index in [0.717, 1.165) is 48.9 Å². The fraction of sp³-hybridized carbons (Fsp3) is 0.444. The Morgan fingerprint density at radius 2 is 2.17 bits per heavy atom. The maximum atomic E-state index is 5.65. The number of ether oxygens (including phenoxy) is 2. The maximum Gasteiger partial charge on any atom is 0.224 e. The number of nitrogens with zero attached hydrogens (tertiary/aromatic N) is 2. The van der Waals surface area contributed by atoms with Crippen LogP contribution < -0.4 is 15.4 Å². The first-order valence-electron chi connectivity index (χ1n) is 8.44. The number of aromatic nitrogens is 2. The van der Waals surface area contributed by atoms with Gasteiger partial charge in [-0.25, -0.2) is 4.98 Å². The molecule has 1 aromatic heterocycles. The lowest BCUT2D eigenvalue weighted by atomic mass is 10.2. The number of hydrogen-bond acceptors (Lipinski definition) is 6. The average Bonchev–Trinajstić information content (AvgIpc) is 3.08. The zero-order chi connectivity index (χ0) is 16.8. The van der Waals surface area contributed by atoms with Crippen LogP contribution in [-0.2, 0) is 4.74 Å². The van der Waals surface area contributed by atoms with Crippen molar-refractivity contribution < 1.29 is 9.47 Å². The monoisotopic (exact) mass is 328 g/mol. The lowest BCUT2D eigenvalue weighted by Gasteiger charge is -2.14. The second-order valence-electron chi connectivity index (χ2n) is 5.79. The molecule has 2 N–H and O–H groups in total. The van der Waals surface area contributed by atoms with Crippen molar-refractivity contribution >= 4 is 17.5 Å². The lowest BCUT2D eigenvalue weighted by molar-refractivity contribution is 0.120. The zero-order valence-electron chi connectivity index (χ0n) is 14.2. The predicted octanol–water partition coefficient (Wildman–Crippen LogP) is 3.52. The van der Waals surface area contributed by atoms with Crippen LogP contribution in [0.2, 0.25) is 0 Å². The highest BCUT2D eigenvalue weighted by atomic mass is 16.5. The number of benzene rings is 1. The van der Waals surface area contributed by atoms with Crippen LogP contribution in [0.25, 0.3) is 0 Å². The Bertz CT molecular complexity index is 672. The van der Waals surface area contributed by atoms with E-state index in [1.807, 2.05) is 44.2 Å². The van der Waals surface area contributed by atoms with E-state index in [1.54, 1.807) is 0 Å². The van der Waals surface area contributed by atoms with Gasteiger partial charge in [-0.2, -0.15) is 4.98 Å². The highest BCUT2D eigenvalue weighted by molar-refractivity contribution is 5.64. The smallest absolute Gasteiger partial charge is 0.224 e. The molecule has 2 aromatic rings. The molecule has 6 nitrogen and oxygen atoms in total. The summed E-state index contributed by atoms with van der Waals surface area (Å²) in [7, 11) is 0. The van der Waals surface area contributed by atoms with Crippen molar-refractivity contribution in [2.24, 2.45) is 0 Å². The standard InChI is InChI=1S/C18H24N4O2/c1-3-23-16-9-5-4-8-15(16)21-17-11-13(2)20-18(22-17)19-12-14-7-6-10-24-14/h4-5,8-9,11,14H,3,6-7,10,12H2,1-2H3,(H2,19,20,21,22). The molecule has 1 atom stereocenters. The van der Waals surface area contributed by atoms with E-state index in [4.69, 9.17) is 9.47 Å². The van der Waals surface area contributed by atoms with Gasteiger partial charge in [-0.05, 0) is 38.8 Å². The van der Waals surface area contributed by atoms with Crippen molar-refractivity contribution in [3.05, 3.63) is 36.0 Å². The summed E-state index contributed by atoms with van der Waals surface area (Å²) in [6, 6.07) is 9.75. The molecular formula is C18H24N4O2. The van der Waals surface area contributed by atoms with E-state index in [1.165, 1.54) is 0 Å². The van der Waals surface area contributed by atoms with Gasteiger partial charge in [-0.1, -0.05) is 12.1 Å². The number of anilines is 3. The lowest BCUT2D eigenvalue weighted by Crippen LogP contribution is -2.20. The molecule has 1 fully saturated rings. The van der Waals surface area contributed by atoms with Gasteiger partial charge in [0.05, 0.1) is 18.4 Å². The SMILES string of the molecule is CCOc1ccccc1Nc1cc(C)nc(NCC2CCCO2)n1. The summed E-state index contributed by atoms with van der Waals surface area (Å²) >= 11 is 0. The largest absolute Gasteiger partial charge is 0.492 e. The average molecular weight is 328 g/mol. The molecule has 1 aliphatic rings. The summed E-state index contributed by atoms with van der Waals surface area (Å²) in [6.45, 7) is 6.13.